The maximum atomic E-state index is 4.38. The van der Waals surface area contributed by atoms with Gasteiger partial charge in [0, 0.05) is 20.1 Å². The Hall–Kier alpha value is -2.47. The van der Waals surface area contributed by atoms with E-state index in [1.165, 1.54) is 37.1 Å². The molecule has 1 saturated heterocycles. The molecule has 1 aromatic carbocycles. The fourth-order valence-electron chi connectivity index (χ4n) is 3.35. The van der Waals surface area contributed by atoms with Crippen molar-refractivity contribution in [3.63, 3.8) is 0 Å². The Bertz CT molecular complexity index is 834. The van der Waals surface area contributed by atoms with Crippen LogP contribution < -0.4 is 5.32 Å². The van der Waals surface area contributed by atoms with Crippen LogP contribution in [-0.4, -0.2) is 37.7 Å². The topological polar surface area (TPSA) is 58.9 Å². The molecule has 2 aromatic heterocycles. The molecule has 3 aromatic rings. The van der Waals surface area contributed by atoms with Gasteiger partial charge >= 0.3 is 0 Å². The summed E-state index contributed by atoms with van der Waals surface area (Å²) >= 11 is 0. The maximum Gasteiger partial charge on any atom is 0.163 e. The molecule has 4 rings (SSSR count). The number of hydrogen-bond donors (Lipinski definition) is 1. The number of nitrogens with one attached hydrogen (secondary N) is 1. The first kappa shape index (κ1) is 15.1. The van der Waals surface area contributed by atoms with E-state index in [9.17, 15) is 0 Å². The van der Waals surface area contributed by atoms with Crippen molar-refractivity contribution in [2.75, 3.05) is 18.4 Å². The van der Waals surface area contributed by atoms with Gasteiger partial charge < -0.3 is 5.32 Å². The van der Waals surface area contributed by atoms with E-state index in [2.05, 4.69) is 49.5 Å². The van der Waals surface area contributed by atoms with Crippen LogP contribution in [0, 0.1) is 0 Å². The van der Waals surface area contributed by atoms with Gasteiger partial charge in [-0.15, -0.1) is 0 Å². The van der Waals surface area contributed by atoms with Crippen LogP contribution in [0.1, 0.15) is 24.0 Å². The molecule has 6 heteroatoms. The summed E-state index contributed by atoms with van der Waals surface area (Å²) in [6.07, 6.45) is 6.04. The van der Waals surface area contributed by atoms with Crippen molar-refractivity contribution in [3.8, 4) is 0 Å². The number of likely N-dealkylation sites (tertiary alicyclic amines) is 1. The molecule has 24 heavy (non-hydrogen) atoms. The summed E-state index contributed by atoms with van der Waals surface area (Å²) in [5, 5.41) is 8.68. The van der Waals surface area contributed by atoms with Crippen LogP contribution in [0.4, 0.5) is 5.82 Å². The van der Waals surface area contributed by atoms with Crippen LogP contribution >= 0.6 is 0 Å². The van der Waals surface area contributed by atoms with Crippen LogP contribution in [0.5, 0.6) is 0 Å². The molecule has 6 nitrogen and oxygen atoms in total. The van der Waals surface area contributed by atoms with E-state index in [1.54, 1.807) is 11.0 Å². The Morgan fingerprint density at radius 1 is 1.08 bits per heavy atom. The lowest BCUT2D eigenvalue weighted by molar-refractivity contribution is 0.330. The van der Waals surface area contributed by atoms with Crippen molar-refractivity contribution in [2.24, 2.45) is 7.05 Å². The highest BCUT2D eigenvalue weighted by molar-refractivity contribution is 5.85. The van der Waals surface area contributed by atoms with E-state index < -0.39 is 0 Å². The lowest BCUT2D eigenvalue weighted by atomic mass is 10.1. The Morgan fingerprint density at radius 2 is 1.88 bits per heavy atom. The molecular formula is C18H22N6. The highest BCUT2D eigenvalue weighted by atomic mass is 15.3. The molecular weight excluding hydrogens is 300 g/mol. The molecule has 0 radical (unpaired) electrons. The molecule has 3 heterocycles. The second-order valence-corrected chi connectivity index (χ2v) is 6.33. The number of aromatic nitrogens is 4. The Kier molecular flexibility index (Phi) is 4.13. The van der Waals surface area contributed by atoms with E-state index in [0.29, 0.717) is 0 Å². The molecule has 1 aliphatic heterocycles. The van der Waals surface area contributed by atoms with Gasteiger partial charge in [0.15, 0.2) is 5.65 Å². The quantitative estimate of drug-likeness (QED) is 0.782. The predicted molar refractivity (Wildman–Crippen MR) is 94.6 cm³/mol. The van der Waals surface area contributed by atoms with Gasteiger partial charge in [0.2, 0.25) is 0 Å². The van der Waals surface area contributed by atoms with Crippen molar-refractivity contribution in [1.29, 1.82) is 0 Å². The average molecular weight is 322 g/mol. The summed E-state index contributed by atoms with van der Waals surface area (Å²) in [5.41, 5.74) is 3.56. The lowest BCUT2D eigenvalue weighted by Crippen LogP contribution is -2.19. The van der Waals surface area contributed by atoms with Gasteiger partial charge in [0.05, 0.1) is 11.6 Å². The van der Waals surface area contributed by atoms with Crippen LogP contribution in [0.25, 0.3) is 11.0 Å². The second kappa shape index (κ2) is 6.57. The zero-order chi connectivity index (χ0) is 16.4. The van der Waals surface area contributed by atoms with Gasteiger partial charge in [-0.25, -0.2) is 9.97 Å². The van der Waals surface area contributed by atoms with E-state index >= 15 is 0 Å². The summed E-state index contributed by atoms with van der Waals surface area (Å²) in [7, 11) is 1.89. The Balaban J connectivity index is 1.53. The normalized spacial score (nSPS) is 15.2. The van der Waals surface area contributed by atoms with Gasteiger partial charge in [0.1, 0.15) is 12.1 Å². The largest absolute Gasteiger partial charge is 0.365 e. The van der Waals surface area contributed by atoms with Gasteiger partial charge in [-0.1, -0.05) is 24.3 Å². The van der Waals surface area contributed by atoms with Gasteiger partial charge in [0.25, 0.3) is 0 Å². The van der Waals surface area contributed by atoms with E-state index in [0.717, 1.165) is 29.9 Å². The highest BCUT2D eigenvalue weighted by Gasteiger charge is 2.14. The molecule has 0 spiro atoms. The molecule has 0 unspecified atom stereocenters. The van der Waals surface area contributed by atoms with Crippen molar-refractivity contribution in [2.45, 2.75) is 25.9 Å². The summed E-state index contributed by atoms with van der Waals surface area (Å²) in [6, 6.07) is 8.65. The average Bonchev–Trinajstić information content (AvgIpc) is 3.25. The van der Waals surface area contributed by atoms with Crippen molar-refractivity contribution < 1.29 is 0 Å². The van der Waals surface area contributed by atoms with Crippen LogP contribution in [0.3, 0.4) is 0 Å². The monoisotopic (exact) mass is 322 g/mol. The van der Waals surface area contributed by atoms with Crippen LogP contribution in [0.15, 0.2) is 36.8 Å². The fraction of sp³-hybridized carbons (Fsp3) is 0.389. The summed E-state index contributed by atoms with van der Waals surface area (Å²) < 4.78 is 1.77. The summed E-state index contributed by atoms with van der Waals surface area (Å²) in [4.78, 5) is 11.2. The number of rotatable bonds is 5. The predicted octanol–water partition coefficient (Wildman–Crippen LogP) is 2.57. The number of anilines is 1. The number of nitrogens with zero attached hydrogens (tertiary/aromatic N) is 5. The van der Waals surface area contributed by atoms with Crippen molar-refractivity contribution >= 4 is 16.9 Å². The molecule has 1 aliphatic rings. The van der Waals surface area contributed by atoms with E-state index in [-0.39, 0.29) is 0 Å². The third-order valence-corrected chi connectivity index (χ3v) is 4.69. The fourth-order valence-corrected chi connectivity index (χ4v) is 3.35. The first-order valence-electron chi connectivity index (χ1n) is 8.47. The van der Waals surface area contributed by atoms with Gasteiger partial charge in [-0.05, 0) is 37.1 Å². The van der Waals surface area contributed by atoms with E-state index in [4.69, 9.17) is 0 Å². The SMILES string of the molecule is Cn1ncc2c(NCc3ccccc3CN3CCCC3)ncnc21. The number of aryl methyl sites for hydroxylation is 1. The second-order valence-electron chi connectivity index (χ2n) is 6.33. The van der Waals surface area contributed by atoms with Crippen LogP contribution in [0.2, 0.25) is 0 Å². The Labute approximate surface area is 141 Å². The standard InChI is InChI=1S/C18H22N6/c1-23-18-16(11-22-23)17(20-13-21-18)19-10-14-6-2-3-7-15(14)12-24-8-4-5-9-24/h2-3,6-7,11,13H,4-5,8-10,12H2,1H3,(H,19,20,21). The van der Waals surface area contributed by atoms with Crippen molar-refractivity contribution in [1.82, 2.24) is 24.6 Å². The number of fused-ring (bicyclic) bond motifs is 1. The number of hydrogen-bond acceptors (Lipinski definition) is 5. The molecule has 124 valence electrons. The van der Waals surface area contributed by atoms with Crippen LogP contribution in [-0.2, 0) is 20.1 Å². The third kappa shape index (κ3) is 2.97. The zero-order valence-electron chi connectivity index (χ0n) is 13.9. The Morgan fingerprint density at radius 3 is 2.71 bits per heavy atom. The molecule has 0 atom stereocenters. The molecule has 0 saturated carbocycles. The summed E-state index contributed by atoms with van der Waals surface area (Å²) in [5.74, 6) is 0.837. The highest BCUT2D eigenvalue weighted by Crippen LogP contribution is 2.20. The first-order chi connectivity index (χ1) is 11.8. The zero-order valence-corrected chi connectivity index (χ0v) is 13.9. The van der Waals surface area contributed by atoms with Gasteiger partial charge in [-0.3, -0.25) is 9.58 Å². The minimum atomic E-state index is 0.755. The maximum absolute atomic E-state index is 4.38. The molecule has 1 fully saturated rings. The van der Waals surface area contributed by atoms with Gasteiger partial charge in [-0.2, -0.15) is 5.10 Å². The minimum absolute atomic E-state index is 0.755. The summed E-state index contributed by atoms with van der Waals surface area (Å²) in [6.45, 7) is 4.21. The minimum Gasteiger partial charge on any atom is -0.365 e. The third-order valence-electron chi connectivity index (χ3n) is 4.69. The number of benzene rings is 1. The first-order valence-corrected chi connectivity index (χ1v) is 8.47. The molecule has 0 bridgehead atoms. The molecule has 0 amide bonds. The molecule has 0 aliphatic carbocycles. The lowest BCUT2D eigenvalue weighted by Gasteiger charge is -2.18. The van der Waals surface area contributed by atoms with E-state index in [1.807, 2.05) is 13.2 Å². The smallest absolute Gasteiger partial charge is 0.163 e. The van der Waals surface area contributed by atoms with Crippen molar-refractivity contribution in [3.05, 3.63) is 47.9 Å². The molecule has 1 N–H and O–H groups in total.